The summed E-state index contributed by atoms with van der Waals surface area (Å²) in [4.78, 5) is 6.81. The number of benzene rings is 1. The van der Waals surface area contributed by atoms with Crippen LogP contribution in [0.2, 0.25) is 0 Å². The number of sulfonamides is 1. The zero-order valence-corrected chi connectivity index (χ0v) is 20.2. The Hall–Kier alpha value is -0.870. The molecule has 0 amide bonds. The summed E-state index contributed by atoms with van der Waals surface area (Å²) in [7, 11) is -1.25. The van der Waals surface area contributed by atoms with E-state index >= 15 is 0 Å². The van der Waals surface area contributed by atoms with Crippen LogP contribution in [0.4, 0.5) is 0 Å². The number of nitrogens with one attached hydrogen (secondary N) is 1. The minimum atomic E-state index is -3.07. The van der Waals surface area contributed by atoms with Crippen molar-refractivity contribution in [3.8, 4) is 0 Å². The maximum absolute atomic E-state index is 11.7. The highest BCUT2D eigenvalue weighted by atomic mass is 127. The molecule has 2 aliphatic heterocycles. The number of likely N-dealkylation sites (tertiary alicyclic amines) is 1. The Morgan fingerprint density at radius 2 is 1.89 bits per heavy atom. The minimum Gasteiger partial charge on any atom is -0.356 e. The Morgan fingerprint density at radius 1 is 1.18 bits per heavy atom. The van der Waals surface area contributed by atoms with Gasteiger partial charge < -0.3 is 10.2 Å². The van der Waals surface area contributed by atoms with Gasteiger partial charge in [-0.1, -0.05) is 37.3 Å². The number of hydrogen-bond acceptors (Lipinski definition) is 3. The lowest BCUT2D eigenvalue weighted by molar-refractivity contribution is 0.234. The first-order valence-corrected chi connectivity index (χ1v) is 11.7. The van der Waals surface area contributed by atoms with Crippen LogP contribution in [0.3, 0.4) is 0 Å². The number of halogens is 1. The molecule has 0 saturated carbocycles. The standard InChI is InChI=1S/C20H32N4O2S.HI/c1-16-14-23(11-10-19(16)18-7-5-4-6-8-18)20(21-2)22-13-17-9-12-24(15-17)27(3,25)26;/h4-8,16-17,19H,9-15H2,1-3H3,(H,21,22);1H. The van der Waals surface area contributed by atoms with Crippen LogP contribution in [0.15, 0.2) is 35.3 Å². The quantitative estimate of drug-likeness (QED) is 0.377. The molecular weight excluding hydrogens is 487 g/mol. The fraction of sp³-hybridized carbons (Fsp3) is 0.650. The predicted molar refractivity (Wildman–Crippen MR) is 126 cm³/mol. The van der Waals surface area contributed by atoms with Crippen LogP contribution in [0.1, 0.15) is 31.2 Å². The third-order valence-electron chi connectivity index (χ3n) is 5.91. The number of aliphatic imine (C=N–C) groups is 1. The van der Waals surface area contributed by atoms with Gasteiger partial charge in [-0.25, -0.2) is 12.7 Å². The van der Waals surface area contributed by atoms with Crippen molar-refractivity contribution < 1.29 is 8.42 Å². The zero-order chi connectivity index (χ0) is 19.4. The molecule has 2 fully saturated rings. The van der Waals surface area contributed by atoms with E-state index < -0.39 is 10.0 Å². The molecule has 3 rings (SSSR count). The van der Waals surface area contributed by atoms with Crippen molar-refractivity contribution in [2.75, 3.05) is 46.0 Å². The van der Waals surface area contributed by atoms with Gasteiger partial charge in [-0.2, -0.15) is 0 Å². The van der Waals surface area contributed by atoms with Crippen LogP contribution < -0.4 is 5.32 Å². The molecule has 158 valence electrons. The van der Waals surface area contributed by atoms with Gasteiger partial charge in [0.1, 0.15) is 0 Å². The summed E-state index contributed by atoms with van der Waals surface area (Å²) in [6.07, 6.45) is 3.32. The predicted octanol–water partition coefficient (Wildman–Crippen LogP) is 2.59. The smallest absolute Gasteiger partial charge is 0.211 e. The molecule has 1 aromatic rings. The molecule has 6 nitrogen and oxygen atoms in total. The second-order valence-electron chi connectivity index (χ2n) is 7.93. The third kappa shape index (κ3) is 5.82. The molecule has 3 unspecified atom stereocenters. The molecule has 2 heterocycles. The van der Waals surface area contributed by atoms with Gasteiger partial charge in [0.05, 0.1) is 6.26 Å². The Morgan fingerprint density at radius 3 is 2.46 bits per heavy atom. The molecule has 3 atom stereocenters. The lowest BCUT2D eigenvalue weighted by Gasteiger charge is -2.39. The van der Waals surface area contributed by atoms with Gasteiger partial charge in [0.2, 0.25) is 10.0 Å². The van der Waals surface area contributed by atoms with Gasteiger partial charge in [-0.3, -0.25) is 4.99 Å². The molecular formula is C20H33IN4O2S. The number of nitrogens with zero attached hydrogens (tertiary/aromatic N) is 3. The summed E-state index contributed by atoms with van der Waals surface area (Å²) in [5.41, 5.74) is 1.43. The normalized spacial score (nSPS) is 26.8. The van der Waals surface area contributed by atoms with E-state index in [1.54, 1.807) is 4.31 Å². The van der Waals surface area contributed by atoms with Crippen molar-refractivity contribution in [3.05, 3.63) is 35.9 Å². The number of rotatable bonds is 4. The lowest BCUT2D eigenvalue weighted by Crippen LogP contribution is -2.49. The molecule has 1 aromatic carbocycles. The minimum absolute atomic E-state index is 0. The molecule has 0 bridgehead atoms. The Labute approximate surface area is 186 Å². The van der Waals surface area contributed by atoms with Crippen LogP contribution in [0.25, 0.3) is 0 Å². The summed E-state index contributed by atoms with van der Waals surface area (Å²) in [6.45, 7) is 6.30. The summed E-state index contributed by atoms with van der Waals surface area (Å²) in [5, 5.41) is 3.48. The average molecular weight is 520 g/mol. The first-order chi connectivity index (χ1) is 12.9. The summed E-state index contributed by atoms with van der Waals surface area (Å²) < 4.78 is 24.9. The Kier molecular flexibility index (Phi) is 8.57. The van der Waals surface area contributed by atoms with Crippen molar-refractivity contribution in [3.63, 3.8) is 0 Å². The first-order valence-electron chi connectivity index (χ1n) is 9.84. The monoisotopic (exact) mass is 520 g/mol. The summed E-state index contributed by atoms with van der Waals surface area (Å²) in [5.74, 6) is 2.44. The van der Waals surface area contributed by atoms with Crippen LogP contribution in [-0.4, -0.2) is 69.6 Å². The van der Waals surface area contributed by atoms with Crippen LogP contribution in [0.5, 0.6) is 0 Å². The van der Waals surface area contributed by atoms with Crippen LogP contribution >= 0.6 is 24.0 Å². The highest BCUT2D eigenvalue weighted by Crippen LogP contribution is 2.32. The van der Waals surface area contributed by atoms with E-state index in [1.807, 2.05) is 7.05 Å². The van der Waals surface area contributed by atoms with Gasteiger partial charge >= 0.3 is 0 Å². The maximum Gasteiger partial charge on any atom is 0.211 e. The molecule has 2 aliphatic rings. The van der Waals surface area contributed by atoms with Gasteiger partial charge in [0, 0.05) is 39.8 Å². The fourth-order valence-corrected chi connectivity index (χ4v) is 5.28. The second kappa shape index (κ2) is 10.2. The molecule has 28 heavy (non-hydrogen) atoms. The van der Waals surface area contributed by atoms with E-state index in [-0.39, 0.29) is 24.0 Å². The molecule has 0 spiro atoms. The number of hydrogen-bond donors (Lipinski definition) is 1. The molecule has 1 N–H and O–H groups in total. The van der Waals surface area contributed by atoms with E-state index in [0.29, 0.717) is 30.8 Å². The van der Waals surface area contributed by atoms with Crippen LogP contribution in [-0.2, 0) is 10.0 Å². The summed E-state index contributed by atoms with van der Waals surface area (Å²) in [6, 6.07) is 10.8. The average Bonchev–Trinajstić information content (AvgIpc) is 3.12. The molecule has 8 heteroatoms. The molecule has 2 saturated heterocycles. The SMILES string of the molecule is CN=C(NCC1CCN(S(C)(=O)=O)C1)N1CCC(c2ccccc2)C(C)C1.I. The van der Waals surface area contributed by atoms with E-state index in [0.717, 1.165) is 38.4 Å². The van der Waals surface area contributed by atoms with Crippen molar-refractivity contribution in [1.82, 2.24) is 14.5 Å². The fourth-order valence-electron chi connectivity index (χ4n) is 4.37. The lowest BCUT2D eigenvalue weighted by atomic mass is 9.82. The highest BCUT2D eigenvalue weighted by molar-refractivity contribution is 14.0. The van der Waals surface area contributed by atoms with E-state index in [9.17, 15) is 8.42 Å². The van der Waals surface area contributed by atoms with Crippen molar-refractivity contribution in [1.29, 1.82) is 0 Å². The van der Waals surface area contributed by atoms with Crippen molar-refractivity contribution in [2.45, 2.75) is 25.7 Å². The van der Waals surface area contributed by atoms with Gasteiger partial charge in [0.25, 0.3) is 0 Å². The van der Waals surface area contributed by atoms with Gasteiger partial charge in [0.15, 0.2) is 5.96 Å². The maximum atomic E-state index is 11.7. The first kappa shape index (κ1) is 23.4. The highest BCUT2D eigenvalue weighted by Gasteiger charge is 2.31. The number of piperidine rings is 1. The third-order valence-corrected chi connectivity index (χ3v) is 7.18. The Bertz CT molecular complexity index is 757. The molecule has 0 aliphatic carbocycles. The molecule has 0 aromatic heterocycles. The Balaban J connectivity index is 0.00000280. The second-order valence-corrected chi connectivity index (χ2v) is 9.92. The molecule has 0 radical (unpaired) electrons. The van der Waals surface area contributed by atoms with Gasteiger partial charge in [-0.15, -0.1) is 24.0 Å². The van der Waals surface area contributed by atoms with Crippen molar-refractivity contribution >= 4 is 40.0 Å². The van der Waals surface area contributed by atoms with E-state index in [1.165, 1.54) is 11.8 Å². The summed E-state index contributed by atoms with van der Waals surface area (Å²) >= 11 is 0. The van der Waals surface area contributed by atoms with Crippen molar-refractivity contribution in [2.24, 2.45) is 16.8 Å². The van der Waals surface area contributed by atoms with E-state index in [2.05, 4.69) is 52.5 Å². The topological polar surface area (TPSA) is 65.0 Å². The van der Waals surface area contributed by atoms with Gasteiger partial charge in [-0.05, 0) is 36.2 Å². The number of guanidine groups is 1. The largest absolute Gasteiger partial charge is 0.356 e. The van der Waals surface area contributed by atoms with Crippen LogP contribution in [0, 0.1) is 11.8 Å². The van der Waals surface area contributed by atoms with E-state index in [4.69, 9.17) is 0 Å². The zero-order valence-electron chi connectivity index (χ0n) is 17.0.